The van der Waals surface area contributed by atoms with Crippen molar-refractivity contribution in [3.63, 3.8) is 0 Å². The Balaban J connectivity index is 4.95. The quantitative estimate of drug-likeness (QED) is 0.266. The highest BCUT2D eigenvalue weighted by Gasteiger charge is 2.28. The van der Waals surface area contributed by atoms with Gasteiger partial charge in [-0.05, 0) is 73.8 Å². The number of hydrogen-bond donors (Lipinski definition) is 3. The van der Waals surface area contributed by atoms with Crippen molar-refractivity contribution in [1.82, 2.24) is 10.6 Å². The number of amides is 2. The van der Waals surface area contributed by atoms with Crippen LogP contribution in [-0.2, 0) is 23.9 Å². The first-order valence-electron chi connectivity index (χ1n) is 9.94. The number of nitrogens with one attached hydrogen (secondary N) is 2. The third-order valence-corrected chi connectivity index (χ3v) is 3.50. The Labute approximate surface area is 173 Å². The Hall–Kier alpha value is -2.16. The van der Waals surface area contributed by atoms with E-state index in [1.807, 2.05) is 0 Å². The molecule has 0 saturated carbocycles. The Morgan fingerprint density at radius 1 is 0.931 bits per heavy atom. The van der Waals surface area contributed by atoms with Gasteiger partial charge in [-0.3, -0.25) is 4.79 Å². The van der Waals surface area contributed by atoms with Gasteiger partial charge in [-0.15, -0.1) is 0 Å². The first-order chi connectivity index (χ1) is 13.3. The minimum atomic E-state index is -1.06. The second-order valence-electron chi connectivity index (χ2n) is 8.86. The number of aldehydes is 1. The molecule has 0 aliphatic carbocycles. The number of carbonyl (C=O) groups is 4. The molecule has 0 aromatic rings. The van der Waals surface area contributed by atoms with Gasteiger partial charge in [0, 0.05) is 6.42 Å². The number of nitrogens with two attached hydrogens (primary N) is 1. The van der Waals surface area contributed by atoms with E-state index in [1.165, 1.54) is 0 Å². The van der Waals surface area contributed by atoms with Gasteiger partial charge in [-0.2, -0.15) is 0 Å². The molecule has 0 fully saturated rings. The summed E-state index contributed by atoms with van der Waals surface area (Å²) in [6.07, 6.45) is 2.45. The molecule has 0 radical (unpaired) electrons. The highest BCUT2D eigenvalue weighted by Crippen LogP contribution is 2.13. The number of carbonyl (C=O) groups excluding carboxylic acids is 4. The van der Waals surface area contributed by atoms with E-state index in [2.05, 4.69) is 10.6 Å². The van der Waals surface area contributed by atoms with Crippen molar-refractivity contribution in [2.45, 2.75) is 96.9 Å². The summed E-state index contributed by atoms with van der Waals surface area (Å²) >= 11 is 0. The van der Waals surface area contributed by atoms with Crippen LogP contribution in [0, 0.1) is 0 Å². The maximum absolute atomic E-state index is 12.5. The van der Waals surface area contributed by atoms with E-state index >= 15 is 0 Å². The second-order valence-corrected chi connectivity index (χ2v) is 8.86. The third-order valence-electron chi connectivity index (χ3n) is 3.50. The Morgan fingerprint density at radius 2 is 1.52 bits per heavy atom. The predicted molar refractivity (Wildman–Crippen MR) is 109 cm³/mol. The lowest BCUT2D eigenvalue weighted by Gasteiger charge is -2.25. The number of rotatable bonds is 11. The van der Waals surface area contributed by atoms with E-state index in [9.17, 15) is 19.2 Å². The molecule has 4 N–H and O–H groups in total. The summed E-state index contributed by atoms with van der Waals surface area (Å²) < 4.78 is 10.6. The molecule has 0 heterocycles. The van der Waals surface area contributed by atoms with Crippen molar-refractivity contribution in [2.75, 3.05) is 6.54 Å². The van der Waals surface area contributed by atoms with Gasteiger partial charge in [0.05, 0.1) is 6.04 Å². The van der Waals surface area contributed by atoms with Crippen molar-refractivity contribution >= 4 is 24.3 Å². The molecule has 0 saturated heterocycles. The zero-order chi connectivity index (χ0) is 22.7. The van der Waals surface area contributed by atoms with Crippen LogP contribution in [-0.4, -0.2) is 54.1 Å². The van der Waals surface area contributed by atoms with Crippen LogP contribution in [0.1, 0.15) is 73.6 Å². The molecule has 0 rings (SSSR count). The average Bonchev–Trinajstić information content (AvgIpc) is 2.54. The molecular formula is C20H37N3O6. The van der Waals surface area contributed by atoms with Crippen molar-refractivity contribution in [1.29, 1.82) is 0 Å². The largest absolute Gasteiger partial charge is 0.460 e. The first-order valence-corrected chi connectivity index (χ1v) is 9.94. The maximum Gasteiger partial charge on any atom is 0.329 e. The molecule has 0 aromatic heterocycles. The zero-order valence-electron chi connectivity index (χ0n) is 18.5. The summed E-state index contributed by atoms with van der Waals surface area (Å²) in [5.74, 6) is -1.15. The smallest absolute Gasteiger partial charge is 0.329 e. The lowest BCUT2D eigenvalue weighted by atomic mass is 10.1. The third kappa shape index (κ3) is 14.5. The van der Waals surface area contributed by atoms with Crippen LogP contribution in [0.2, 0.25) is 0 Å². The molecule has 0 spiro atoms. The first kappa shape index (κ1) is 26.8. The Kier molecular flexibility index (Phi) is 11.5. The summed E-state index contributed by atoms with van der Waals surface area (Å²) in [5, 5.41) is 5.01. The minimum Gasteiger partial charge on any atom is -0.460 e. The number of ether oxygens (including phenoxy) is 2. The van der Waals surface area contributed by atoms with Gasteiger partial charge in [-0.1, -0.05) is 0 Å². The van der Waals surface area contributed by atoms with Crippen LogP contribution in [0.25, 0.3) is 0 Å². The lowest BCUT2D eigenvalue weighted by Crippen LogP contribution is -2.51. The average molecular weight is 416 g/mol. The molecule has 2 amide bonds. The SMILES string of the molecule is CC(C)(C)OC(=O)CC[C@H](NC(=O)N[C@H](C=O)CCCCN)C(=O)OC(C)(C)C. The van der Waals surface area contributed by atoms with Crippen molar-refractivity contribution in [3.8, 4) is 0 Å². The van der Waals surface area contributed by atoms with Gasteiger partial charge in [0.15, 0.2) is 0 Å². The maximum atomic E-state index is 12.5. The summed E-state index contributed by atoms with van der Waals surface area (Å²) in [6, 6.07) is -2.43. The van der Waals surface area contributed by atoms with Gasteiger partial charge in [0.25, 0.3) is 0 Å². The Bertz CT molecular complexity index is 551. The Morgan fingerprint density at radius 3 is 2.00 bits per heavy atom. The van der Waals surface area contributed by atoms with Gasteiger partial charge < -0.3 is 30.6 Å². The van der Waals surface area contributed by atoms with Gasteiger partial charge in [0.2, 0.25) is 0 Å². The number of esters is 2. The van der Waals surface area contributed by atoms with Crippen LogP contribution < -0.4 is 16.4 Å². The minimum absolute atomic E-state index is 0.0101. The zero-order valence-corrected chi connectivity index (χ0v) is 18.5. The van der Waals surface area contributed by atoms with Gasteiger partial charge in [-0.25, -0.2) is 9.59 Å². The van der Waals surface area contributed by atoms with Crippen LogP contribution in [0.4, 0.5) is 4.79 Å². The van der Waals surface area contributed by atoms with E-state index in [4.69, 9.17) is 15.2 Å². The van der Waals surface area contributed by atoms with E-state index < -0.39 is 41.3 Å². The monoisotopic (exact) mass is 415 g/mol. The number of unbranched alkanes of at least 4 members (excludes halogenated alkanes) is 1. The number of urea groups is 1. The molecule has 0 bridgehead atoms. The molecule has 2 atom stereocenters. The summed E-state index contributed by atoms with van der Waals surface area (Å²) in [4.78, 5) is 47.9. The highest BCUT2D eigenvalue weighted by atomic mass is 16.6. The van der Waals surface area contributed by atoms with Crippen molar-refractivity contribution < 1.29 is 28.7 Å². The molecule has 0 aromatic carbocycles. The van der Waals surface area contributed by atoms with Crippen LogP contribution in [0.15, 0.2) is 0 Å². The van der Waals surface area contributed by atoms with E-state index in [0.29, 0.717) is 25.7 Å². The summed E-state index contributed by atoms with van der Waals surface area (Å²) in [7, 11) is 0. The molecule has 0 unspecified atom stereocenters. The van der Waals surface area contributed by atoms with E-state index in [-0.39, 0.29) is 12.8 Å². The normalized spacial score (nSPS) is 13.8. The van der Waals surface area contributed by atoms with Crippen molar-refractivity contribution in [3.05, 3.63) is 0 Å². The predicted octanol–water partition coefficient (Wildman–Crippen LogP) is 1.81. The lowest BCUT2D eigenvalue weighted by molar-refractivity contribution is -0.158. The van der Waals surface area contributed by atoms with E-state index in [0.717, 1.165) is 6.42 Å². The molecular weight excluding hydrogens is 378 g/mol. The van der Waals surface area contributed by atoms with Crippen molar-refractivity contribution in [2.24, 2.45) is 5.73 Å². The molecule has 9 heteroatoms. The fourth-order valence-corrected chi connectivity index (χ4v) is 2.33. The fraction of sp³-hybridized carbons (Fsp3) is 0.800. The topological polar surface area (TPSA) is 137 Å². The molecule has 0 aliphatic rings. The van der Waals surface area contributed by atoms with Gasteiger partial charge >= 0.3 is 18.0 Å². The highest BCUT2D eigenvalue weighted by molar-refractivity contribution is 5.85. The van der Waals surface area contributed by atoms with Crippen LogP contribution >= 0.6 is 0 Å². The summed E-state index contributed by atoms with van der Waals surface area (Å²) in [6.45, 7) is 10.8. The van der Waals surface area contributed by atoms with Gasteiger partial charge in [0.1, 0.15) is 23.5 Å². The molecule has 168 valence electrons. The van der Waals surface area contributed by atoms with E-state index in [1.54, 1.807) is 41.5 Å². The molecule has 0 aliphatic heterocycles. The molecule has 9 nitrogen and oxygen atoms in total. The standard InChI is InChI=1S/C20H37N3O6/c1-19(2,3)28-16(25)11-10-15(17(26)29-20(4,5)6)23-18(27)22-14(13-24)9-7-8-12-21/h13-15H,7-12,21H2,1-6H3,(H2,22,23,27)/t14-,15-/m0/s1. The van der Waals surface area contributed by atoms with Crippen LogP contribution in [0.5, 0.6) is 0 Å². The fourth-order valence-electron chi connectivity index (χ4n) is 2.33. The summed E-state index contributed by atoms with van der Waals surface area (Å²) in [5.41, 5.74) is 4.02. The number of hydrogen-bond acceptors (Lipinski definition) is 7. The second kappa shape index (κ2) is 12.4. The molecule has 29 heavy (non-hydrogen) atoms. The van der Waals surface area contributed by atoms with Crippen LogP contribution in [0.3, 0.4) is 0 Å².